The van der Waals surface area contributed by atoms with Gasteiger partial charge in [0, 0.05) is 13.3 Å². The van der Waals surface area contributed by atoms with Gasteiger partial charge in [-0.15, -0.1) is 0 Å². The van der Waals surface area contributed by atoms with Crippen molar-refractivity contribution >= 4 is 11.7 Å². The van der Waals surface area contributed by atoms with Crippen LogP contribution < -0.4 is 0 Å². The summed E-state index contributed by atoms with van der Waals surface area (Å²) in [7, 11) is 1.59. The van der Waals surface area contributed by atoms with E-state index in [-0.39, 0.29) is 12.5 Å². The summed E-state index contributed by atoms with van der Waals surface area (Å²) in [6.07, 6.45) is 1.67. The third-order valence-corrected chi connectivity index (χ3v) is 2.64. The maximum Gasteiger partial charge on any atom is 0.269 e. The van der Waals surface area contributed by atoms with E-state index < -0.39 is 0 Å². The number of amidine groups is 1. The Hall–Kier alpha value is -1.95. The van der Waals surface area contributed by atoms with Crippen LogP contribution in [0, 0.1) is 6.92 Å². The summed E-state index contributed by atoms with van der Waals surface area (Å²) in [6.45, 7) is 2.75. The molecule has 0 atom stereocenters. The Labute approximate surface area is 105 Å². The Morgan fingerprint density at radius 3 is 3.11 bits per heavy atom. The summed E-state index contributed by atoms with van der Waals surface area (Å²) in [6, 6.07) is 3.75. The zero-order chi connectivity index (χ0) is 13.0. The zero-order valence-electron chi connectivity index (χ0n) is 10.4. The van der Waals surface area contributed by atoms with Gasteiger partial charge in [-0.25, -0.2) is 0 Å². The van der Waals surface area contributed by atoms with Crippen LogP contribution in [0.4, 0.5) is 0 Å². The predicted octanol–water partition coefficient (Wildman–Crippen LogP) is 0.557. The Morgan fingerprint density at radius 2 is 2.39 bits per heavy atom. The molecule has 0 fully saturated rings. The number of aryl methyl sites for hydroxylation is 1. The van der Waals surface area contributed by atoms with E-state index in [0.717, 1.165) is 5.56 Å². The molecule has 2 rings (SSSR count). The molecule has 1 aliphatic rings. The van der Waals surface area contributed by atoms with E-state index in [2.05, 4.69) is 10.1 Å². The number of hydrogen-bond donors (Lipinski definition) is 0. The van der Waals surface area contributed by atoms with Gasteiger partial charge < -0.3 is 9.57 Å². The summed E-state index contributed by atoms with van der Waals surface area (Å²) in [5.74, 6) is 0.309. The molecule has 1 aliphatic heterocycles. The van der Waals surface area contributed by atoms with Crippen LogP contribution >= 0.6 is 0 Å². The van der Waals surface area contributed by atoms with Crippen molar-refractivity contribution in [3.8, 4) is 0 Å². The van der Waals surface area contributed by atoms with Gasteiger partial charge in [-0.1, -0.05) is 11.2 Å². The van der Waals surface area contributed by atoms with Crippen molar-refractivity contribution in [3.63, 3.8) is 0 Å². The lowest BCUT2D eigenvalue weighted by molar-refractivity contribution is -0.134. The number of rotatable bonds is 4. The molecule has 0 bridgehead atoms. The first kappa shape index (κ1) is 12.5. The monoisotopic (exact) mass is 249 g/mol. The minimum Gasteiger partial charge on any atom is -0.384 e. The lowest BCUT2D eigenvalue weighted by Gasteiger charge is -2.26. The van der Waals surface area contributed by atoms with E-state index in [1.54, 1.807) is 18.2 Å². The lowest BCUT2D eigenvalue weighted by atomic mass is 10.2. The lowest BCUT2D eigenvalue weighted by Crippen LogP contribution is -2.45. The summed E-state index contributed by atoms with van der Waals surface area (Å²) in [4.78, 5) is 22.6. The second-order valence-corrected chi connectivity index (χ2v) is 3.90. The van der Waals surface area contributed by atoms with Crippen molar-refractivity contribution in [1.82, 2.24) is 9.88 Å². The topological polar surface area (TPSA) is 64.0 Å². The highest BCUT2D eigenvalue weighted by atomic mass is 16.6. The van der Waals surface area contributed by atoms with Crippen LogP contribution in [0.25, 0.3) is 0 Å². The third-order valence-electron chi connectivity index (χ3n) is 2.64. The van der Waals surface area contributed by atoms with E-state index >= 15 is 0 Å². The van der Waals surface area contributed by atoms with Crippen molar-refractivity contribution in [2.45, 2.75) is 6.92 Å². The van der Waals surface area contributed by atoms with Gasteiger partial charge in [0.2, 0.25) is 5.84 Å². The van der Waals surface area contributed by atoms with E-state index in [0.29, 0.717) is 24.7 Å². The predicted molar refractivity (Wildman–Crippen MR) is 65.1 cm³/mol. The first-order valence-corrected chi connectivity index (χ1v) is 5.65. The molecule has 0 saturated heterocycles. The summed E-state index contributed by atoms with van der Waals surface area (Å²) < 4.78 is 5.00. The Morgan fingerprint density at radius 1 is 1.56 bits per heavy atom. The van der Waals surface area contributed by atoms with Crippen LogP contribution in [-0.2, 0) is 14.4 Å². The van der Waals surface area contributed by atoms with Gasteiger partial charge >= 0.3 is 0 Å². The number of carbonyl (C=O) groups is 1. The smallest absolute Gasteiger partial charge is 0.269 e. The number of pyridine rings is 1. The molecule has 6 heteroatoms. The maximum absolute atomic E-state index is 11.8. The maximum atomic E-state index is 11.8. The quantitative estimate of drug-likeness (QED) is 0.782. The molecule has 18 heavy (non-hydrogen) atoms. The van der Waals surface area contributed by atoms with Crippen molar-refractivity contribution in [2.75, 3.05) is 26.9 Å². The molecule has 2 heterocycles. The molecular formula is C12H15N3O3. The number of aromatic nitrogens is 1. The van der Waals surface area contributed by atoms with E-state index in [4.69, 9.17) is 9.57 Å². The van der Waals surface area contributed by atoms with E-state index in [1.165, 1.54) is 0 Å². The molecule has 0 spiro atoms. The Balaban J connectivity index is 2.31. The normalized spacial score (nSPS) is 15.3. The van der Waals surface area contributed by atoms with Gasteiger partial charge in [0.05, 0.1) is 13.2 Å². The molecule has 1 amide bonds. The molecular weight excluding hydrogens is 234 g/mol. The highest BCUT2D eigenvalue weighted by Crippen LogP contribution is 2.12. The van der Waals surface area contributed by atoms with Gasteiger partial charge in [0.1, 0.15) is 5.69 Å². The molecule has 0 aliphatic carbocycles. The van der Waals surface area contributed by atoms with E-state index in [9.17, 15) is 4.79 Å². The molecule has 6 nitrogen and oxygen atoms in total. The second-order valence-electron chi connectivity index (χ2n) is 3.90. The molecule has 0 N–H and O–H groups in total. The zero-order valence-corrected chi connectivity index (χ0v) is 10.4. The van der Waals surface area contributed by atoms with Crippen molar-refractivity contribution < 1.29 is 14.4 Å². The first-order chi connectivity index (χ1) is 8.74. The van der Waals surface area contributed by atoms with Gasteiger partial charge in [0.15, 0.2) is 6.61 Å². The van der Waals surface area contributed by atoms with Gasteiger partial charge in [0.25, 0.3) is 5.91 Å². The Bertz CT molecular complexity index is 473. The van der Waals surface area contributed by atoms with Crippen LogP contribution in [0.3, 0.4) is 0 Å². The molecule has 0 aromatic carbocycles. The average molecular weight is 249 g/mol. The number of ether oxygens (including phenoxy) is 1. The number of amides is 1. The SMILES string of the molecule is COCCN1C(=O)CON=C1c1ncccc1C. The van der Waals surface area contributed by atoms with Crippen LogP contribution in [0.15, 0.2) is 23.5 Å². The van der Waals surface area contributed by atoms with Crippen LogP contribution in [0.2, 0.25) is 0 Å². The van der Waals surface area contributed by atoms with Crippen LogP contribution in [0.1, 0.15) is 11.3 Å². The summed E-state index contributed by atoms with van der Waals surface area (Å²) in [5.41, 5.74) is 1.60. The molecule has 96 valence electrons. The van der Waals surface area contributed by atoms with Gasteiger partial charge in [-0.2, -0.15) is 0 Å². The van der Waals surface area contributed by atoms with Crippen molar-refractivity contribution in [2.24, 2.45) is 5.16 Å². The summed E-state index contributed by atoms with van der Waals surface area (Å²) >= 11 is 0. The highest BCUT2D eigenvalue weighted by Gasteiger charge is 2.27. The Kier molecular flexibility index (Phi) is 3.88. The molecule has 1 aromatic heterocycles. The molecule has 0 radical (unpaired) electrons. The third kappa shape index (κ3) is 2.48. The average Bonchev–Trinajstić information content (AvgIpc) is 2.38. The fourth-order valence-electron chi connectivity index (χ4n) is 1.70. The number of oxime groups is 1. The number of carbonyl (C=O) groups excluding carboxylic acids is 1. The van der Waals surface area contributed by atoms with Gasteiger partial charge in [-0.3, -0.25) is 14.7 Å². The first-order valence-electron chi connectivity index (χ1n) is 5.65. The standard InChI is InChI=1S/C12H15N3O3/c1-9-4-3-5-13-11(9)12-14-18-8-10(16)15(12)6-7-17-2/h3-5H,6-8H2,1-2H3. The second kappa shape index (κ2) is 5.59. The molecule has 1 aromatic rings. The minimum absolute atomic E-state index is 0.0426. The fourth-order valence-corrected chi connectivity index (χ4v) is 1.70. The molecule has 0 unspecified atom stereocenters. The van der Waals surface area contributed by atoms with Crippen molar-refractivity contribution in [1.29, 1.82) is 0 Å². The van der Waals surface area contributed by atoms with Crippen LogP contribution in [-0.4, -0.2) is 48.5 Å². The highest BCUT2D eigenvalue weighted by molar-refractivity contribution is 6.08. The van der Waals surface area contributed by atoms with E-state index in [1.807, 2.05) is 19.1 Å². The summed E-state index contributed by atoms with van der Waals surface area (Å²) in [5, 5.41) is 3.95. The van der Waals surface area contributed by atoms with Crippen LogP contribution in [0.5, 0.6) is 0 Å². The van der Waals surface area contributed by atoms with Gasteiger partial charge in [-0.05, 0) is 18.6 Å². The minimum atomic E-state index is -0.137. The largest absolute Gasteiger partial charge is 0.384 e. The number of hydrogen-bond acceptors (Lipinski definition) is 5. The molecule has 0 saturated carbocycles. The number of nitrogens with zero attached hydrogens (tertiary/aromatic N) is 3. The number of methoxy groups -OCH3 is 1. The van der Waals surface area contributed by atoms with Crippen molar-refractivity contribution in [3.05, 3.63) is 29.6 Å². The fraction of sp³-hybridized carbons (Fsp3) is 0.417.